The number of hydrogen-bond donors (Lipinski definition) is 2. The van der Waals surface area contributed by atoms with E-state index in [4.69, 9.17) is 32.7 Å². The van der Waals surface area contributed by atoms with Crippen LogP contribution in [0.2, 0.25) is 10.0 Å². The van der Waals surface area contributed by atoms with Crippen molar-refractivity contribution >= 4 is 40.5 Å². The summed E-state index contributed by atoms with van der Waals surface area (Å²) in [6.45, 7) is 0.725. The minimum absolute atomic E-state index is 0.128. The molecule has 2 aromatic carbocycles. The lowest BCUT2D eigenvalue weighted by Gasteiger charge is -2.09. The van der Waals surface area contributed by atoms with Crippen molar-refractivity contribution in [3.05, 3.63) is 46.4 Å². The molecule has 1 amide bonds. The molecule has 5 nitrogen and oxygen atoms in total. The molecule has 0 spiro atoms. The number of hydrogen-bond acceptors (Lipinski definition) is 4. The van der Waals surface area contributed by atoms with Gasteiger partial charge in [-0.3, -0.25) is 4.79 Å². The highest BCUT2D eigenvalue weighted by Crippen LogP contribution is 2.34. The van der Waals surface area contributed by atoms with Gasteiger partial charge in [0.1, 0.15) is 0 Å². The summed E-state index contributed by atoms with van der Waals surface area (Å²) in [5.41, 5.74) is 1.45. The van der Waals surface area contributed by atoms with Crippen LogP contribution < -0.4 is 20.1 Å². The van der Waals surface area contributed by atoms with Crippen LogP contribution in [0.4, 0.5) is 11.4 Å². The van der Waals surface area contributed by atoms with Gasteiger partial charge in [-0.15, -0.1) is 0 Å². The van der Waals surface area contributed by atoms with Crippen LogP contribution in [-0.4, -0.2) is 19.2 Å². The zero-order valence-electron chi connectivity index (χ0n) is 12.1. The molecule has 120 valence electrons. The standard InChI is InChI=1S/C16H14Cl2N2O3/c17-10-5-11(18)7-13(6-10)20-16(21)3-4-19-12-1-2-14-15(8-12)23-9-22-14/h1-2,5-8,19H,3-4,9H2,(H,20,21). The predicted octanol–water partition coefficient (Wildman–Crippen LogP) is 4.16. The molecule has 3 rings (SSSR count). The van der Waals surface area contributed by atoms with Crippen LogP contribution in [0.5, 0.6) is 11.5 Å². The highest BCUT2D eigenvalue weighted by atomic mass is 35.5. The molecule has 1 aliphatic rings. The molecule has 2 N–H and O–H groups in total. The van der Waals surface area contributed by atoms with Gasteiger partial charge in [-0.1, -0.05) is 23.2 Å². The minimum Gasteiger partial charge on any atom is -0.454 e. The average Bonchev–Trinajstić information content (AvgIpc) is 2.93. The third-order valence-electron chi connectivity index (χ3n) is 3.20. The minimum atomic E-state index is -0.128. The number of anilines is 2. The molecule has 1 aliphatic heterocycles. The number of carbonyl (C=O) groups excluding carboxylic acids is 1. The van der Waals surface area contributed by atoms with E-state index in [0.29, 0.717) is 34.4 Å². The van der Waals surface area contributed by atoms with Gasteiger partial charge in [0, 0.05) is 40.5 Å². The maximum Gasteiger partial charge on any atom is 0.231 e. The highest BCUT2D eigenvalue weighted by molar-refractivity contribution is 6.35. The number of carbonyl (C=O) groups is 1. The van der Waals surface area contributed by atoms with Crippen molar-refractivity contribution in [3.8, 4) is 11.5 Å². The van der Waals surface area contributed by atoms with Gasteiger partial charge >= 0.3 is 0 Å². The SMILES string of the molecule is O=C(CCNc1ccc2c(c1)OCO2)Nc1cc(Cl)cc(Cl)c1. The number of halogens is 2. The fraction of sp³-hybridized carbons (Fsp3) is 0.188. The Morgan fingerprint density at radius 3 is 2.52 bits per heavy atom. The van der Waals surface area contributed by atoms with E-state index < -0.39 is 0 Å². The van der Waals surface area contributed by atoms with Crippen LogP contribution >= 0.6 is 23.2 Å². The molecule has 0 radical (unpaired) electrons. The first kappa shape index (κ1) is 15.8. The molecule has 0 fully saturated rings. The fourth-order valence-corrected chi connectivity index (χ4v) is 2.70. The first-order valence-electron chi connectivity index (χ1n) is 6.99. The van der Waals surface area contributed by atoms with E-state index in [1.807, 2.05) is 18.2 Å². The lowest BCUT2D eigenvalue weighted by Crippen LogP contribution is -2.16. The van der Waals surface area contributed by atoms with Crippen molar-refractivity contribution in [2.24, 2.45) is 0 Å². The third kappa shape index (κ3) is 4.21. The normalized spacial score (nSPS) is 12.1. The number of rotatable bonds is 5. The molecule has 0 aromatic heterocycles. The summed E-state index contributed by atoms with van der Waals surface area (Å²) in [5.74, 6) is 1.30. The van der Waals surface area contributed by atoms with Crippen LogP contribution in [0.15, 0.2) is 36.4 Å². The summed E-state index contributed by atoms with van der Waals surface area (Å²) in [6.07, 6.45) is 0.304. The molecule has 0 saturated carbocycles. The van der Waals surface area contributed by atoms with Gasteiger partial charge in [0.25, 0.3) is 0 Å². The predicted molar refractivity (Wildman–Crippen MR) is 90.8 cm³/mol. The highest BCUT2D eigenvalue weighted by Gasteiger charge is 2.13. The lowest BCUT2D eigenvalue weighted by atomic mass is 10.2. The maximum absolute atomic E-state index is 11.9. The summed E-state index contributed by atoms with van der Waals surface area (Å²) in [5, 5.41) is 6.88. The summed E-state index contributed by atoms with van der Waals surface area (Å²) in [7, 11) is 0. The Balaban J connectivity index is 1.49. The second-order valence-electron chi connectivity index (χ2n) is 4.95. The van der Waals surface area contributed by atoms with Gasteiger partial charge in [-0.25, -0.2) is 0 Å². The molecule has 0 unspecified atom stereocenters. The summed E-state index contributed by atoms with van der Waals surface area (Å²) in [6, 6.07) is 10.5. The van der Waals surface area contributed by atoms with Gasteiger partial charge in [-0.2, -0.15) is 0 Å². The van der Waals surface area contributed by atoms with Crippen molar-refractivity contribution in [1.82, 2.24) is 0 Å². The molecular formula is C16H14Cl2N2O3. The fourth-order valence-electron chi connectivity index (χ4n) is 2.18. The molecule has 0 bridgehead atoms. The van der Waals surface area contributed by atoms with E-state index in [0.717, 1.165) is 11.4 Å². The third-order valence-corrected chi connectivity index (χ3v) is 3.64. The Kier molecular flexibility index (Phi) is 4.79. The summed E-state index contributed by atoms with van der Waals surface area (Å²) in [4.78, 5) is 11.9. The second-order valence-corrected chi connectivity index (χ2v) is 5.82. The van der Waals surface area contributed by atoms with E-state index in [2.05, 4.69) is 10.6 Å². The lowest BCUT2D eigenvalue weighted by molar-refractivity contribution is -0.115. The van der Waals surface area contributed by atoms with E-state index >= 15 is 0 Å². The summed E-state index contributed by atoms with van der Waals surface area (Å²) < 4.78 is 10.5. The molecule has 0 saturated heterocycles. The smallest absolute Gasteiger partial charge is 0.231 e. The Bertz CT molecular complexity index is 717. The Morgan fingerprint density at radius 1 is 1.00 bits per heavy atom. The number of ether oxygens (including phenoxy) is 2. The largest absolute Gasteiger partial charge is 0.454 e. The zero-order valence-corrected chi connectivity index (χ0v) is 13.6. The molecule has 0 atom stereocenters. The van der Waals surface area contributed by atoms with Crippen molar-refractivity contribution in [2.45, 2.75) is 6.42 Å². The van der Waals surface area contributed by atoms with Crippen molar-refractivity contribution < 1.29 is 14.3 Å². The van der Waals surface area contributed by atoms with Gasteiger partial charge in [0.15, 0.2) is 11.5 Å². The zero-order chi connectivity index (χ0) is 16.2. The quantitative estimate of drug-likeness (QED) is 0.847. The second kappa shape index (κ2) is 6.98. The van der Waals surface area contributed by atoms with E-state index in [9.17, 15) is 4.79 Å². The number of fused-ring (bicyclic) bond motifs is 1. The Labute approximate surface area is 143 Å². The molecule has 2 aromatic rings. The molecule has 1 heterocycles. The number of amides is 1. The van der Waals surface area contributed by atoms with Gasteiger partial charge < -0.3 is 20.1 Å². The van der Waals surface area contributed by atoms with Crippen LogP contribution in [0, 0.1) is 0 Å². The van der Waals surface area contributed by atoms with Gasteiger partial charge in [-0.05, 0) is 30.3 Å². The van der Waals surface area contributed by atoms with E-state index in [1.54, 1.807) is 18.2 Å². The average molecular weight is 353 g/mol. The van der Waals surface area contributed by atoms with Crippen molar-refractivity contribution in [2.75, 3.05) is 24.0 Å². The first-order chi connectivity index (χ1) is 11.1. The van der Waals surface area contributed by atoms with Crippen LogP contribution in [0.3, 0.4) is 0 Å². The van der Waals surface area contributed by atoms with Gasteiger partial charge in [0.2, 0.25) is 12.7 Å². The molecule has 23 heavy (non-hydrogen) atoms. The maximum atomic E-state index is 11.9. The first-order valence-corrected chi connectivity index (χ1v) is 7.75. The van der Waals surface area contributed by atoms with E-state index in [1.165, 1.54) is 0 Å². The number of benzene rings is 2. The van der Waals surface area contributed by atoms with Gasteiger partial charge in [0.05, 0.1) is 0 Å². The Morgan fingerprint density at radius 2 is 1.74 bits per heavy atom. The topological polar surface area (TPSA) is 59.6 Å². The summed E-state index contributed by atoms with van der Waals surface area (Å²) >= 11 is 11.8. The monoisotopic (exact) mass is 352 g/mol. The molecule has 7 heteroatoms. The van der Waals surface area contributed by atoms with Crippen LogP contribution in [-0.2, 0) is 4.79 Å². The number of nitrogens with one attached hydrogen (secondary N) is 2. The Hall–Kier alpha value is -2.11. The van der Waals surface area contributed by atoms with Crippen LogP contribution in [0.25, 0.3) is 0 Å². The molecular weight excluding hydrogens is 339 g/mol. The van der Waals surface area contributed by atoms with E-state index in [-0.39, 0.29) is 12.7 Å². The molecule has 0 aliphatic carbocycles. The van der Waals surface area contributed by atoms with Crippen LogP contribution in [0.1, 0.15) is 6.42 Å². The van der Waals surface area contributed by atoms with Crippen molar-refractivity contribution in [3.63, 3.8) is 0 Å². The van der Waals surface area contributed by atoms with Crippen molar-refractivity contribution in [1.29, 1.82) is 0 Å².